The largest absolute Gasteiger partial charge is 0.394 e. The minimum Gasteiger partial charge on any atom is -0.394 e. The summed E-state index contributed by atoms with van der Waals surface area (Å²) in [6.45, 7) is 5.94. The SMILES string of the molecule is CC(C)CNC(=O)/C=C/CC[C@@H](C)O[C@@H]1O[C@@H](CO)C(O)[C@@H](O)[C@H]1O. The van der Waals surface area contributed by atoms with Gasteiger partial charge < -0.3 is 35.2 Å². The standard InChI is InChI=1S/C17H31NO7/c1-10(2)8-18-13(20)7-5-4-6-11(3)24-17-16(23)15(22)14(21)12(9-19)25-17/h5,7,10-12,14-17,19,21-23H,4,6,8-9H2,1-3H3,(H,18,20)/b7-5+/t11-,12+,14?,15-,16-,17-/m1/s1. The summed E-state index contributed by atoms with van der Waals surface area (Å²) in [6.07, 6.45) is -2.32. The quantitative estimate of drug-likeness (QED) is 0.344. The van der Waals surface area contributed by atoms with Gasteiger partial charge in [-0.3, -0.25) is 4.79 Å². The van der Waals surface area contributed by atoms with E-state index in [0.29, 0.717) is 25.3 Å². The van der Waals surface area contributed by atoms with Crippen LogP contribution in [0.1, 0.15) is 33.6 Å². The fourth-order valence-corrected chi connectivity index (χ4v) is 2.36. The zero-order valence-electron chi connectivity index (χ0n) is 15.0. The molecular formula is C17H31NO7. The molecule has 1 heterocycles. The monoisotopic (exact) mass is 361 g/mol. The van der Waals surface area contributed by atoms with Gasteiger partial charge in [0.1, 0.15) is 24.4 Å². The van der Waals surface area contributed by atoms with Gasteiger partial charge in [0, 0.05) is 6.54 Å². The van der Waals surface area contributed by atoms with Crippen molar-refractivity contribution < 1.29 is 34.7 Å². The molecule has 1 saturated heterocycles. The molecule has 0 radical (unpaired) electrons. The van der Waals surface area contributed by atoms with Crippen LogP contribution in [0.2, 0.25) is 0 Å². The van der Waals surface area contributed by atoms with Gasteiger partial charge in [0.2, 0.25) is 5.91 Å². The van der Waals surface area contributed by atoms with Gasteiger partial charge in [0.05, 0.1) is 12.7 Å². The van der Waals surface area contributed by atoms with Crippen molar-refractivity contribution in [1.29, 1.82) is 0 Å². The maximum absolute atomic E-state index is 11.5. The Labute approximate surface area is 148 Å². The molecule has 146 valence electrons. The maximum atomic E-state index is 11.5. The van der Waals surface area contributed by atoms with E-state index in [9.17, 15) is 20.1 Å². The molecule has 1 rings (SSSR count). The third-order valence-electron chi connectivity index (χ3n) is 3.91. The molecule has 0 saturated carbocycles. The first kappa shape index (κ1) is 22.0. The molecule has 1 unspecified atom stereocenters. The summed E-state index contributed by atoms with van der Waals surface area (Å²) in [7, 11) is 0. The van der Waals surface area contributed by atoms with Gasteiger partial charge in [-0.15, -0.1) is 0 Å². The van der Waals surface area contributed by atoms with Crippen LogP contribution >= 0.6 is 0 Å². The highest BCUT2D eigenvalue weighted by Gasteiger charge is 2.44. The van der Waals surface area contributed by atoms with E-state index in [2.05, 4.69) is 5.32 Å². The Morgan fingerprint density at radius 3 is 2.48 bits per heavy atom. The van der Waals surface area contributed by atoms with Gasteiger partial charge in [-0.2, -0.15) is 0 Å². The van der Waals surface area contributed by atoms with Gasteiger partial charge >= 0.3 is 0 Å². The second kappa shape index (κ2) is 10.8. The topological polar surface area (TPSA) is 128 Å². The van der Waals surface area contributed by atoms with Crippen LogP contribution in [0.5, 0.6) is 0 Å². The third-order valence-corrected chi connectivity index (χ3v) is 3.91. The van der Waals surface area contributed by atoms with Gasteiger partial charge in [-0.25, -0.2) is 0 Å². The maximum Gasteiger partial charge on any atom is 0.243 e. The number of hydrogen-bond acceptors (Lipinski definition) is 7. The van der Waals surface area contributed by atoms with Gasteiger partial charge in [-0.1, -0.05) is 19.9 Å². The Morgan fingerprint density at radius 2 is 1.88 bits per heavy atom. The summed E-state index contributed by atoms with van der Waals surface area (Å²) in [5, 5.41) is 41.3. The van der Waals surface area contributed by atoms with Crippen molar-refractivity contribution in [2.45, 2.75) is 70.4 Å². The summed E-state index contributed by atoms with van der Waals surface area (Å²) in [6, 6.07) is 0. The number of carbonyl (C=O) groups is 1. The smallest absolute Gasteiger partial charge is 0.243 e. The average Bonchev–Trinajstić information content (AvgIpc) is 2.57. The van der Waals surface area contributed by atoms with Crippen LogP contribution in [-0.4, -0.2) is 76.3 Å². The molecule has 0 aromatic rings. The van der Waals surface area contributed by atoms with E-state index in [0.717, 1.165) is 0 Å². The second-order valence-corrected chi connectivity index (χ2v) is 6.76. The third kappa shape index (κ3) is 7.39. The van der Waals surface area contributed by atoms with Crippen molar-refractivity contribution in [3.05, 3.63) is 12.2 Å². The molecule has 0 bridgehead atoms. The molecule has 1 aliphatic rings. The number of ether oxygens (including phenoxy) is 2. The van der Waals surface area contributed by atoms with Crippen molar-refractivity contribution in [1.82, 2.24) is 5.32 Å². The molecule has 0 aliphatic carbocycles. The molecule has 0 aromatic heterocycles. The van der Waals surface area contributed by atoms with Crippen LogP contribution < -0.4 is 5.32 Å². The van der Waals surface area contributed by atoms with Crippen molar-refractivity contribution in [3.8, 4) is 0 Å². The number of amides is 1. The zero-order chi connectivity index (χ0) is 19.0. The van der Waals surface area contributed by atoms with Crippen LogP contribution in [0.4, 0.5) is 0 Å². The van der Waals surface area contributed by atoms with Crippen LogP contribution in [0.3, 0.4) is 0 Å². The van der Waals surface area contributed by atoms with E-state index in [1.807, 2.05) is 13.8 Å². The highest BCUT2D eigenvalue weighted by atomic mass is 16.7. The highest BCUT2D eigenvalue weighted by molar-refractivity contribution is 5.87. The number of aliphatic hydroxyl groups is 4. The van der Waals surface area contributed by atoms with Crippen LogP contribution in [0, 0.1) is 5.92 Å². The van der Waals surface area contributed by atoms with Crippen LogP contribution in [0.25, 0.3) is 0 Å². The van der Waals surface area contributed by atoms with E-state index in [1.54, 1.807) is 13.0 Å². The summed E-state index contributed by atoms with van der Waals surface area (Å²) in [5.74, 6) is 0.250. The highest BCUT2D eigenvalue weighted by Crippen LogP contribution is 2.23. The molecular weight excluding hydrogens is 330 g/mol. The van der Waals surface area contributed by atoms with E-state index in [-0.39, 0.29) is 12.0 Å². The lowest BCUT2D eigenvalue weighted by atomic mass is 9.99. The molecule has 0 spiro atoms. The fraction of sp³-hybridized carbons (Fsp3) is 0.824. The van der Waals surface area contributed by atoms with Crippen LogP contribution in [0.15, 0.2) is 12.2 Å². The molecule has 5 N–H and O–H groups in total. The van der Waals surface area contributed by atoms with Gasteiger partial charge in [-0.05, 0) is 31.8 Å². The molecule has 8 heteroatoms. The lowest BCUT2D eigenvalue weighted by Gasteiger charge is -2.40. The number of rotatable bonds is 9. The van der Waals surface area contributed by atoms with E-state index < -0.39 is 37.3 Å². The van der Waals surface area contributed by atoms with Crippen molar-refractivity contribution >= 4 is 5.91 Å². The number of nitrogens with one attached hydrogen (secondary N) is 1. The summed E-state index contributed by atoms with van der Waals surface area (Å²) in [5.41, 5.74) is 0. The summed E-state index contributed by atoms with van der Waals surface area (Å²) < 4.78 is 10.8. The molecule has 1 fully saturated rings. The Balaban J connectivity index is 2.36. The minimum atomic E-state index is -1.45. The second-order valence-electron chi connectivity index (χ2n) is 6.76. The first-order valence-corrected chi connectivity index (χ1v) is 8.66. The normalized spacial score (nSPS) is 31.4. The Hall–Kier alpha value is -1.03. The van der Waals surface area contributed by atoms with Crippen molar-refractivity contribution in [2.75, 3.05) is 13.2 Å². The predicted molar refractivity (Wildman–Crippen MR) is 90.5 cm³/mol. The molecule has 0 aromatic carbocycles. The minimum absolute atomic E-state index is 0.142. The number of hydrogen-bond donors (Lipinski definition) is 5. The predicted octanol–water partition coefficient (Wildman–Crippen LogP) is -0.700. The van der Waals surface area contributed by atoms with Gasteiger partial charge in [0.25, 0.3) is 0 Å². The number of allylic oxidation sites excluding steroid dienone is 1. The van der Waals surface area contributed by atoms with Gasteiger partial charge in [0.15, 0.2) is 6.29 Å². The lowest BCUT2D eigenvalue weighted by Crippen LogP contribution is -2.59. The average molecular weight is 361 g/mol. The van der Waals surface area contributed by atoms with E-state index >= 15 is 0 Å². The van der Waals surface area contributed by atoms with Crippen molar-refractivity contribution in [3.63, 3.8) is 0 Å². The van der Waals surface area contributed by atoms with Crippen LogP contribution in [-0.2, 0) is 14.3 Å². The molecule has 6 atom stereocenters. The summed E-state index contributed by atoms with van der Waals surface area (Å²) >= 11 is 0. The van der Waals surface area contributed by atoms with E-state index in [4.69, 9.17) is 14.6 Å². The molecule has 1 amide bonds. The Kier molecular flexibility index (Phi) is 9.55. The first-order chi connectivity index (χ1) is 11.8. The number of aliphatic hydroxyl groups excluding tert-OH is 4. The summed E-state index contributed by atoms with van der Waals surface area (Å²) in [4.78, 5) is 11.5. The lowest BCUT2D eigenvalue weighted by molar-refractivity contribution is -0.310. The molecule has 8 nitrogen and oxygen atoms in total. The first-order valence-electron chi connectivity index (χ1n) is 8.66. The van der Waals surface area contributed by atoms with Crippen molar-refractivity contribution in [2.24, 2.45) is 5.92 Å². The molecule has 25 heavy (non-hydrogen) atoms. The number of carbonyl (C=O) groups excluding carboxylic acids is 1. The zero-order valence-corrected chi connectivity index (χ0v) is 15.0. The fourth-order valence-electron chi connectivity index (χ4n) is 2.36. The molecule has 1 aliphatic heterocycles. The van der Waals surface area contributed by atoms with E-state index in [1.165, 1.54) is 6.08 Å². The Morgan fingerprint density at radius 1 is 1.20 bits per heavy atom. The Bertz CT molecular complexity index is 427.